The normalized spacial score (nSPS) is 11.3. The van der Waals surface area contributed by atoms with Gasteiger partial charge >= 0.3 is 5.97 Å². The molecule has 40 heavy (non-hydrogen) atoms. The SMILES string of the molecule is O=C(O)c1ccc2c(c1)c(C(=O)Nc1ccccc1)nn2C(c1ccccc1)(c1ccccc1)c1ccccc1. The summed E-state index contributed by atoms with van der Waals surface area (Å²) in [5, 5.41) is 18.1. The highest BCUT2D eigenvalue weighted by atomic mass is 16.4. The van der Waals surface area contributed by atoms with Crippen molar-refractivity contribution < 1.29 is 14.7 Å². The number of benzene rings is 5. The first-order chi connectivity index (χ1) is 19.6. The van der Waals surface area contributed by atoms with Crippen molar-refractivity contribution in [2.45, 2.75) is 5.54 Å². The van der Waals surface area contributed by atoms with E-state index in [0.717, 1.165) is 16.7 Å². The largest absolute Gasteiger partial charge is 0.478 e. The van der Waals surface area contributed by atoms with E-state index in [4.69, 9.17) is 5.10 Å². The number of carbonyl (C=O) groups is 2. The fraction of sp³-hybridized carbons (Fsp3) is 0.0294. The minimum absolute atomic E-state index is 0.0746. The number of anilines is 1. The Balaban J connectivity index is 1.71. The number of aromatic carboxylic acids is 1. The standard InChI is InChI=1S/C34H25N3O3/c38-32(35-28-19-11-4-12-20-28)31-29-23-24(33(39)40)21-22-30(29)37(36-31)34(25-13-5-1-6-14-25,26-15-7-2-8-16-26)27-17-9-3-10-18-27/h1-23H,(H,35,38)(H,39,40). The van der Waals surface area contributed by atoms with Crippen LogP contribution in [0.1, 0.15) is 37.5 Å². The van der Waals surface area contributed by atoms with E-state index in [0.29, 0.717) is 16.6 Å². The topological polar surface area (TPSA) is 84.2 Å². The number of fused-ring (bicyclic) bond motifs is 1. The summed E-state index contributed by atoms with van der Waals surface area (Å²) in [6.07, 6.45) is 0. The van der Waals surface area contributed by atoms with Gasteiger partial charge in [-0.2, -0.15) is 5.10 Å². The molecule has 0 atom stereocenters. The van der Waals surface area contributed by atoms with Crippen molar-refractivity contribution in [2.24, 2.45) is 0 Å². The average molecular weight is 524 g/mol. The van der Waals surface area contributed by atoms with Gasteiger partial charge in [0.05, 0.1) is 11.1 Å². The molecule has 194 valence electrons. The van der Waals surface area contributed by atoms with Crippen molar-refractivity contribution in [3.63, 3.8) is 0 Å². The van der Waals surface area contributed by atoms with E-state index in [1.165, 1.54) is 6.07 Å². The van der Waals surface area contributed by atoms with Crippen LogP contribution in [0.4, 0.5) is 5.69 Å². The highest BCUT2D eigenvalue weighted by Gasteiger charge is 2.41. The quantitative estimate of drug-likeness (QED) is 0.225. The Morgan fingerprint density at radius 3 is 1.60 bits per heavy atom. The molecule has 5 aromatic carbocycles. The molecule has 1 heterocycles. The van der Waals surface area contributed by atoms with Crippen molar-refractivity contribution >= 4 is 28.5 Å². The molecule has 6 heteroatoms. The van der Waals surface area contributed by atoms with Crippen molar-refractivity contribution in [3.05, 3.63) is 167 Å². The Kier molecular flexibility index (Phi) is 6.42. The Morgan fingerprint density at radius 2 is 1.12 bits per heavy atom. The molecule has 0 fully saturated rings. The summed E-state index contributed by atoms with van der Waals surface area (Å²) in [5.74, 6) is -1.51. The van der Waals surface area contributed by atoms with E-state index in [1.54, 1.807) is 24.3 Å². The number of aromatic nitrogens is 2. The van der Waals surface area contributed by atoms with Gasteiger partial charge in [-0.15, -0.1) is 0 Å². The third-order valence-electron chi connectivity index (χ3n) is 7.07. The molecule has 1 aromatic heterocycles. The average Bonchev–Trinajstić information content (AvgIpc) is 3.39. The molecule has 0 bridgehead atoms. The van der Waals surface area contributed by atoms with Gasteiger partial charge in [-0.05, 0) is 47.0 Å². The molecule has 0 aliphatic heterocycles. The number of carboxylic acid groups (broad SMARTS) is 1. The number of nitrogens with one attached hydrogen (secondary N) is 1. The van der Waals surface area contributed by atoms with Gasteiger partial charge in [0, 0.05) is 11.1 Å². The van der Waals surface area contributed by atoms with Crippen LogP contribution >= 0.6 is 0 Å². The first-order valence-electron chi connectivity index (χ1n) is 12.9. The van der Waals surface area contributed by atoms with Crippen LogP contribution in [0, 0.1) is 0 Å². The van der Waals surface area contributed by atoms with Gasteiger partial charge < -0.3 is 10.4 Å². The Bertz CT molecular complexity index is 1700. The molecule has 1 amide bonds. The molecule has 2 N–H and O–H groups in total. The van der Waals surface area contributed by atoms with Gasteiger partial charge in [0.1, 0.15) is 5.54 Å². The Labute approximate surface area is 231 Å². The molecule has 0 unspecified atom stereocenters. The van der Waals surface area contributed by atoms with E-state index >= 15 is 0 Å². The van der Waals surface area contributed by atoms with Crippen LogP contribution in [-0.2, 0) is 5.54 Å². The van der Waals surface area contributed by atoms with E-state index < -0.39 is 17.4 Å². The minimum Gasteiger partial charge on any atom is -0.478 e. The predicted octanol–water partition coefficient (Wildman–Crippen LogP) is 6.83. The van der Waals surface area contributed by atoms with E-state index in [-0.39, 0.29) is 11.3 Å². The van der Waals surface area contributed by atoms with Gasteiger partial charge in [0.25, 0.3) is 5.91 Å². The summed E-state index contributed by atoms with van der Waals surface area (Å²) >= 11 is 0. The molecule has 6 aromatic rings. The monoisotopic (exact) mass is 523 g/mol. The van der Waals surface area contributed by atoms with Gasteiger partial charge in [-0.1, -0.05) is 109 Å². The summed E-state index contributed by atoms with van der Waals surface area (Å²) in [4.78, 5) is 25.7. The zero-order valence-electron chi connectivity index (χ0n) is 21.4. The number of nitrogens with zero attached hydrogens (tertiary/aromatic N) is 2. The summed E-state index contributed by atoms with van der Waals surface area (Å²) in [6, 6.07) is 44.0. The first kappa shape index (κ1) is 24.8. The van der Waals surface area contributed by atoms with Crippen LogP contribution in [-0.4, -0.2) is 26.8 Å². The summed E-state index contributed by atoms with van der Waals surface area (Å²) < 4.78 is 1.86. The molecule has 0 aliphatic carbocycles. The van der Waals surface area contributed by atoms with Crippen molar-refractivity contribution in [2.75, 3.05) is 5.32 Å². The van der Waals surface area contributed by atoms with Crippen LogP contribution in [0.5, 0.6) is 0 Å². The Morgan fingerprint density at radius 1 is 0.650 bits per heavy atom. The molecule has 0 radical (unpaired) electrons. The fourth-order valence-corrected chi connectivity index (χ4v) is 5.29. The second kappa shape index (κ2) is 10.3. The maximum absolute atomic E-state index is 13.7. The number of carboxylic acids is 1. The lowest BCUT2D eigenvalue weighted by Gasteiger charge is -2.37. The number of amides is 1. The van der Waals surface area contributed by atoms with Gasteiger partial charge in [0.2, 0.25) is 0 Å². The lowest BCUT2D eigenvalue weighted by atomic mass is 9.77. The number of rotatable bonds is 7. The van der Waals surface area contributed by atoms with Crippen LogP contribution in [0.15, 0.2) is 140 Å². The van der Waals surface area contributed by atoms with Crippen molar-refractivity contribution in [1.29, 1.82) is 0 Å². The second-order valence-corrected chi connectivity index (χ2v) is 9.43. The third-order valence-corrected chi connectivity index (χ3v) is 7.07. The number of carbonyl (C=O) groups excluding carboxylic acids is 1. The van der Waals surface area contributed by atoms with Crippen LogP contribution in [0.2, 0.25) is 0 Å². The zero-order valence-corrected chi connectivity index (χ0v) is 21.4. The molecule has 0 aliphatic rings. The highest BCUT2D eigenvalue weighted by Crippen LogP contribution is 2.42. The lowest BCUT2D eigenvalue weighted by molar-refractivity contribution is 0.0696. The maximum Gasteiger partial charge on any atom is 0.335 e. The molecule has 0 saturated carbocycles. The summed E-state index contributed by atoms with van der Waals surface area (Å²) in [6.45, 7) is 0. The minimum atomic E-state index is -1.08. The van der Waals surface area contributed by atoms with Gasteiger partial charge in [-0.25, -0.2) is 9.48 Å². The second-order valence-electron chi connectivity index (χ2n) is 9.43. The van der Waals surface area contributed by atoms with Crippen molar-refractivity contribution in [1.82, 2.24) is 9.78 Å². The first-order valence-corrected chi connectivity index (χ1v) is 12.9. The summed E-state index contributed by atoms with van der Waals surface area (Å²) in [7, 11) is 0. The third kappa shape index (κ3) is 4.22. The number of hydrogen-bond acceptors (Lipinski definition) is 3. The highest BCUT2D eigenvalue weighted by molar-refractivity contribution is 6.12. The zero-order chi connectivity index (χ0) is 27.5. The molecule has 6 rings (SSSR count). The van der Waals surface area contributed by atoms with Crippen LogP contribution in [0.3, 0.4) is 0 Å². The van der Waals surface area contributed by atoms with E-state index in [1.807, 2.05) is 114 Å². The van der Waals surface area contributed by atoms with E-state index in [9.17, 15) is 14.7 Å². The Hall–Kier alpha value is -5.49. The molecule has 0 spiro atoms. The fourth-order valence-electron chi connectivity index (χ4n) is 5.29. The molecular formula is C34H25N3O3. The van der Waals surface area contributed by atoms with Crippen LogP contribution < -0.4 is 5.32 Å². The van der Waals surface area contributed by atoms with Gasteiger partial charge in [0.15, 0.2) is 5.69 Å². The molecule has 6 nitrogen and oxygen atoms in total. The maximum atomic E-state index is 13.7. The smallest absolute Gasteiger partial charge is 0.335 e. The summed E-state index contributed by atoms with van der Waals surface area (Å²) in [5.41, 5.74) is 3.29. The van der Waals surface area contributed by atoms with Crippen molar-refractivity contribution in [3.8, 4) is 0 Å². The molecule has 0 saturated heterocycles. The predicted molar refractivity (Wildman–Crippen MR) is 156 cm³/mol. The number of para-hydroxylation sites is 1. The van der Waals surface area contributed by atoms with E-state index in [2.05, 4.69) is 5.32 Å². The van der Waals surface area contributed by atoms with Gasteiger partial charge in [-0.3, -0.25) is 4.79 Å². The molecular weight excluding hydrogens is 498 g/mol. The number of hydrogen-bond donors (Lipinski definition) is 2. The van der Waals surface area contributed by atoms with Crippen LogP contribution in [0.25, 0.3) is 10.9 Å². The lowest BCUT2D eigenvalue weighted by Crippen LogP contribution is -2.38.